The molecule has 20 heavy (non-hydrogen) atoms. The maximum Gasteiger partial charge on any atom is 0.228 e. The molecule has 1 N–H and O–H groups in total. The van der Waals surface area contributed by atoms with E-state index in [-0.39, 0.29) is 6.10 Å². The molecule has 0 bridgehead atoms. The number of nitrogens with zero attached hydrogens (tertiary/aromatic N) is 2. The number of thioether (sulfide) groups is 1. The van der Waals surface area contributed by atoms with Crippen LogP contribution < -0.4 is 5.32 Å². The standard InChI is InChI=1S/C14H25N3O2S/c1-4-5-15-11(10(2)3)8-13-16-14(17-19-13)12-9-20-7-6-18-12/h10-12,15H,4-9H2,1-3H3. The van der Waals surface area contributed by atoms with Crippen molar-refractivity contribution in [2.75, 3.05) is 24.7 Å². The second kappa shape index (κ2) is 8.00. The quantitative estimate of drug-likeness (QED) is 0.834. The van der Waals surface area contributed by atoms with Gasteiger partial charge in [-0.05, 0) is 18.9 Å². The van der Waals surface area contributed by atoms with E-state index < -0.39 is 0 Å². The van der Waals surface area contributed by atoms with Crippen molar-refractivity contribution in [3.8, 4) is 0 Å². The lowest BCUT2D eigenvalue weighted by molar-refractivity contribution is 0.0677. The number of rotatable bonds is 7. The van der Waals surface area contributed by atoms with E-state index in [1.54, 1.807) is 0 Å². The Balaban J connectivity index is 1.93. The maximum atomic E-state index is 5.67. The second-order valence-electron chi connectivity index (χ2n) is 5.49. The van der Waals surface area contributed by atoms with Crippen LogP contribution in [-0.4, -0.2) is 40.8 Å². The molecule has 0 amide bonds. The van der Waals surface area contributed by atoms with Gasteiger partial charge in [0.2, 0.25) is 11.7 Å². The molecule has 1 saturated heterocycles. The highest BCUT2D eigenvalue weighted by atomic mass is 32.2. The van der Waals surface area contributed by atoms with E-state index in [2.05, 4.69) is 36.2 Å². The van der Waals surface area contributed by atoms with Crippen molar-refractivity contribution < 1.29 is 9.26 Å². The Labute approximate surface area is 125 Å². The Bertz CT molecular complexity index is 392. The normalized spacial score (nSPS) is 21.3. The zero-order valence-electron chi connectivity index (χ0n) is 12.6. The minimum atomic E-state index is -0.00708. The molecule has 2 heterocycles. The Morgan fingerprint density at radius 1 is 1.45 bits per heavy atom. The van der Waals surface area contributed by atoms with E-state index in [4.69, 9.17) is 9.26 Å². The molecule has 6 heteroatoms. The number of hydrogen-bond acceptors (Lipinski definition) is 6. The molecule has 2 atom stereocenters. The fraction of sp³-hybridized carbons (Fsp3) is 0.857. The Hall–Kier alpha value is -0.590. The molecule has 114 valence electrons. The summed E-state index contributed by atoms with van der Waals surface area (Å²) in [6.45, 7) is 8.39. The molecule has 0 spiro atoms. The summed E-state index contributed by atoms with van der Waals surface area (Å²) < 4.78 is 11.1. The largest absolute Gasteiger partial charge is 0.368 e. The SMILES string of the molecule is CCCNC(Cc1nc(C2CSCCO2)no1)C(C)C. The molecule has 1 aromatic heterocycles. The van der Waals surface area contributed by atoms with E-state index in [1.165, 1.54) is 0 Å². The lowest BCUT2D eigenvalue weighted by Gasteiger charge is -2.20. The summed E-state index contributed by atoms with van der Waals surface area (Å²) in [5, 5.41) is 7.62. The van der Waals surface area contributed by atoms with Crippen LogP contribution in [0.25, 0.3) is 0 Å². The number of nitrogens with one attached hydrogen (secondary N) is 1. The molecular weight excluding hydrogens is 274 g/mol. The van der Waals surface area contributed by atoms with Crippen molar-refractivity contribution in [3.05, 3.63) is 11.7 Å². The van der Waals surface area contributed by atoms with Crippen LogP contribution >= 0.6 is 11.8 Å². The molecule has 1 fully saturated rings. The molecule has 2 unspecified atom stereocenters. The summed E-state index contributed by atoms with van der Waals surface area (Å²) in [5.41, 5.74) is 0. The highest BCUT2D eigenvalue weighted by Gasteiger charge is 2.23. The molecule has 1 aliphatic rings. The van der Waals surface area contributed by atoms with Gasteiger partial charge in [0.15, 0.2) is 0 Å². The fourth-order valence-electron chi connectivity index (χ4n) is 2.18. The molecule has 1 aliphatic heterocycles. The smallest absolute Gasteiger partial charge is 0.228 e. The summed E-state index contributed by atoms with van der Waals surface area (Å²) in [6.07, 6.45) is 1.91. The third-order valence-corrected chi connectivity index (χ3v) is 4.44. The van der Waals surface area contributed by atoms with Crippen molar-refractivity contribution in [3.63, 3.8) is 0 Å². The molecule has 0 aliphatic carbocycles. The van der Waals surface area contributed by atoms with Gasteiger partial charge < -0.3 is 14.6 Å². The minimum absolute atomic E-state index is 0.00708. The lowest BCUT2D eigenvalue weighted by Crippen LogP contribution is -2.36. The van der Waals surface area contributed by atoms with Crippen LogP contribution in [0, 0.1) is 5.92 Å². The predicted octanol–water partition coefficient (Wildman–Crippen LogP) is 2.44. The fourth-order valence-corrected chi connectivity index (χ4v) is 3.02. The van der Waals surface area contributed by atoms with Crippen LogP contribution in [0.2, 0.25) is 0 Å². The first kappa shape index (κ1) is 15.8. The van der Waals surface area contributed by atoms with Crippen LogP contribution in [0.3, 0.4) is 0 Å². The van der Waals surface area contributed by atoms with Gasteiger partial charge in [0.05, 0.1) is 6.61 Å². The Morgan fingerprint density at radius 2 is 2.30 bits per heavy atom. The van der Waals surface area contributed by atoms with Gasteiger partial charge in [-0.2, -0.15) is 16.7 Å². The average Bonchev–Trinajstić information content (AvgIpc) is 2.92. The van der Waals surface area contributed by atoms with Crippen LogP contribution in [0.5, 0.6) is 0 Å². The molecule has 0 radical (unpaired) electrons. The van der Waals surface area contributed by atoms with E-state index in [1.807, 2.05) is 11.8 Å². The highest BCUT2D eigenvalue weighted by Crippen LogP contribution is 2.24. The minimum Gasteiger partial charge on any atom is -0.368 e. The van der Waals surface area contributed by atoms with E-state index in [0.29, 0.717) is 23.7 Å². The molecule has 2 rings (SSSR count). The highest BCUT2D eigenvalue weighted by molar-refractivity contribution is 7.99. The summed E-state index contributed by atoms with van der Waals surface area (Å²) in [7, 11) is 0. The summed E-state index contributed by atoms with van der Waals surface area (Å²) in [5.74, 6) is 3.92. The topological polar surface area (TPSA) is 60.2 Å². The molecule has 1 aromatic rings. The first-order chi connectivity index (χ1) is 9.70. The second-order valence-corrected chi connectivity index (χ2v) is 6.64. The number of aromatic nitrogens is 2. The van der Waals surface area contributed by atoms with Crippen molar-refractivity contribution in [1.29, 1.82) is 0 Å². The third-order valence-electron chi connectivity index (χ3n) is 3.44. The van der Waals surface area contributed by atoms with Crippen molar-refractivity contribution in [1.82, 2.24) is 15.5 Å². The zero-order chi connectivity index (χ0) is 14.4. The summed E-state index contributed by atoms with van der Waals surface area (Å²) >= 11 is 1.88. The monoisotopic (exact) mass is 299 g/mol. The van der Waals surface area contributed by atoms with Gasteiger partial charge in [-0.1, -0.05) is 25.9 Å². The lowest BCUT2D eigenvalue weighted by atomic mass is 10.0. The molecular formula is C14H25N3O2S. The Kier molecular flexibility index (Phi) is 6.32. The van der Waals surface area contributed by atoms with Crippen LogP contribution in [0.15, 0.2) is 4.52 Å². The van der Waals surface area contributed by atoms with Gasteiger partial charge >= 0.3 is 0 Å². The first-order valence-electron chi connectivity index (χ1n) is 7.46. The van der Waals surface area contributed by atoms with E-state index in [9.17, 15) is 0 Å². The van der Waals surface area contributed by atoms with Crippen LogP contribution in [-0.2, 0) is 11.2 Å². The van der Waals surface area contributed by atoms with Gasteiger partial charge in [-0.25, -0.2) is 0 Å². The summed E-state index contributed by atoms with van der Waals surface area (Å²) in [4.78, 5) is 4.51. The predicted molar refractivity (Wildman–Crippen MR) is 80.9 cm³/mol. The number of hydrogen-bond donors (Lipinski definition) is 1. The third kappa shape index (κ3) is 4.46. The first-order valence-corrected chi connectivity index (χ1v) is 8.61. The Morgan fingerprint density at radius 3 is 2.95 bits per heavy atom. The molecule has 0 aromatic carbocycles. The van der Waals surface area contributed by atoms with Crippen LogP contribution in [0.4, 0.5) is 0 Å². The van der Waals surface area contributed by atoms with Gasteiger partial charge in [0.25, 0.3) is 0 Å². The zero-order valence-corrected chi connectivity index (χ0v) is 13.4. The van der Waals surface area contributed by atoms with Gasteiger partial charge in [0, 0.05) is 24.0 Å². The van der Waals surface area contributed by atoms with Crippen molar-refractivity contribution in [2.24, 2.45) is 5.92 Å². The van der Waals surface area contributed by atoms with Gasteiger partial charge in [0.1, 0.15) is 6.10 Å². The average molecular weight is 299 g/mol. The summed E-state index contributed by atoms with van der Waals surface area (Å²) in [6, 6.07) is 0.380. The van der Waals surface area contributed by atoms with Gasteiger partial charge in [-0.3, -0.25) is 0 Å². The van der Waals surface area contributed by atoms with E-state index >= 15 is 0 Å². The van der Waals surface area contributed by atoms with E-state index in [0.717, 1.165) is 37.5 Å². The van der Waals surface area contributed by atoms with Crippen molar-refractivity contribution in [2.45, 2.75) is 45.8 Å². The maximum absolute atomic E-state index is 5.67. The number of ether oxygens (including phenoxy) is 1. The van der Waals surface area contributed by atoms with Crippen molar-refractivity contribution >= 4 is 11.8 Å². The van der Waals surface area contributed by atoms with Crippen LogP contribution in [0.1, 0.15) is 45.0 Å². The van der Waals surface area contributed by atoms with Gasteiger partial charge in [-0.15, -0.1) is 0 Å². The molecule has 0 saturated carbocycles. The molecule has 5 nitrogen and oxygen atoms in total.